The number of fused-ring (bicyclic) bond motifs is 1. The van der Waals surface area contributed by atoms with Crippen molar-refractivity contribution in [1.82, 2.24) is 0 Å². The summed E-state index contributed by atoms with van der Waals surface area (Å²) < 4.78 is 43.6. The van der Waals surface area contributed by atoms with Crippen LogP contribution in [0.25, 0.3) is 6.08 Å². The first kappa shape index (κ1) is 14.7. The molecule has 3 nitrogen and oxygen atoms in total. The van der Waals surface area contributed by atoms with Crippen molar-refractivity contribution in [2.75, 3.05) is 0 Å². The monoisotopic (exact) mass is 306 g/mol. The van der Waals surface area contributed by atoms with Gasteiger partial charge >= 0.3 is 12.1 Å². The number of carbonyl (C=O) groups is 1. The van der Waals surface area contributed by atoms with Crippen molar-refractivity contribution in [3.05, 3.63) is 33.4 Å². The molecular weight excluding hydrogens is 297 g/mol. The van der Waals surface area contributed by atoms with Crippen LogP contribution in [0.15, 0.2) is 11.6 Å². The summed E-state index contributed by atoms with van der Waals surface area (Å²) in [4.78, 5) is 11.0. The standard InChI is InChI=1S/C13H10ClF3O3/c1-5-3-9(14)6(2)7-4-8(12(18)19)11(13(15,16)17)20-10(5)7/h3-4,11H,1-2H3,(H,18,19). The summed E-state index contributed by atoms with van der Waals surface area (Å²) in [6.45, 7) is 3.14. The second-order valence-electron chi connectivity index (χ2n) is 4.49. The summed E-state index contributed by atoms with van der Waals surface area (Å²) in [5.41, 5.74) is 0.319. The van der Waals surface area contributed by atoms with E-state index in [-0.39, 0.29) is 11.3 Å². The Bertz CT molecular complexity index is 620. The molecule has 1 unspecified atom stereocenters. The lowest BCUT2D eigenvalue weighted by Crippen LogP contribution is -2.40. The molecule has 0 radical (unpaired) electrons. The number of carboxylic acids is 1. The van der Waals surface area contributed by atoms with Crippen molar-refractivity contribution in [2.24, 2.45) is 0 Å². The van der Waals surface area contributed by atoms with Gasteiger partial charge in [0.15, 0.2) is 0 Å². The summed E-state index contributed by atoms with van der Waals surface area (Å²) >= 11 is 5.95. The van der Waals surface area contributed by atoms with E-state index in [4.69, 9.17) is 21.4 Å². The average Bonchev–Trinajstić information content (AvgIpc) is 2.33. The van der Waals surface area contributed by atoms with E-state index in [0.717, 1.165) is 6.08 Å². The summed E-state index contributed by atoms with van der Waals surface area (Å²) in [6.07, 6.45) is -6.30. The van der Waals surface area contributed by atoms with Crippen LogP contribution in [0.1, 0.15) is 16.7 Å². The molecule has 0 saturated heterocycles. The normalized spacial score (nSPS) is 18.1. The molecule has 0 bridgehead atoms. The Balaban J connectivity index is 2.69. The molecule has 1 aromatic rings. The zero-order valence-electron chi connectivity index (χ0n) is 10.5. The van der Waals surface area contributed by atoms with Gasteiger partial charge in [0.2, 0.25) is 6.10 Å². The lowest BCUT2D eigenvalue weighted by molar-refractivity contribution is -0.187. The van der Waals surface area contributed by atoms with Gasteiger partial charge in [0.1, 0.15) is 5.75 Å². The maximum absolute atomic E-state index is 12.9. The number of benzene rings is 1. The molecule has 1 aliphatic rings. The lowest BCUT2D eigenvalue weighted by Gasteiger charge is -2.29. The van der Waals surface area contributed by atoms with Crippen LogP contribution in [0.2, 0.25) is 5.02 Å². The molecule has 1 atom stereocenters. The van der Waals surface area contributed by atoms with Crippen LogP contribution < -0.4 is 4.74 Å². The number of halogens is 4. The minimum atomic E-state index is -4.80. The lowest BCUT2D eigenvalue weighted by atomic mass is 9.96. The summed E-state index contributed by atoms with van der Waals surface area (Å²) in [7, 11) is 0. The van der Waals surface area contributed by atoms with E-state index in [1.807, 2.05) is 0 Å². The molecule has 0 aliphatic carbocycles. The molecule has 1 aromatic carbocycles. The van der Waals surface area contributed by atoms with Gasteiger partial charge in [0, 0.05) is 10.6 Å². The van der Waals surface area contributed by atoms with Gasteiger partial charge in [-0.05, 0) is 37.1 Å². The molecule has 7 heteroatoms. The van der Waals surface area contributed by atoms with E-state index in [1.54, 1.807) is 13.8 Å². The number of aliphatic carboxylic acids is 1. The fourth-order valence-corrected chi connectivity index (χ4v) is 2.30. The number of ether oxygens (including phenoxy) is 1. The minimum absolute atomic E-state index is 0.0132. The average molecular weight is 307 g/mol. The molecule has 0 saturated carbocycles. The van der Waals surface area contributed by atoms with Gasteiger partial charge in [-0.3, -0.25) is 0 Å². The van der Waals surface area contributed by atoms with Crippen LogP contribution in [0.4, 0.5) is 13.2 Å². The highest BCUT2D eigenvalue weighted by Crippen LogP contribution is 2.42. The number of hydrogen-bond acceptors (Lipinski definition) is 2. The highest BCUT2D eigenvalue weighted by atomic mass is 35.5. The molecule has 0 aromatic heterocycles. The Kier molecular flexibility index (Phi) is 3.46. The van der Waals surface area contributed by atoms with E-state index < -0.39 is 23.8 Å². The van der Waals surface area contributed by atoms with Crippen LogP contribution in [0, 0.1) is 13.8 Å². The molecular formula is C13H10ClF3O3. The summed E-state index contributed by atoms with van der Waals surface area (Å²) in [6, 6.07) is 1.49. The highest BCUT2D eigenvalue weighted by Gasteiger charge is 2.48. The van der Waals surface area contributed by atoms with Crippen molar-refractivity contribution < 1.29 is 27.8 Å². The number of hydrogen-bond donors (Lipinski definition) is 1. The Hall–Kier alpha value is -1.69. The number of carboxylic acid groups (broad SMARTS) is 1. The number of rotatable bonds is 1. The molecule has 20 heavy (non-hydrogen) atoms. The van der Waals surface area contributed by atoms with Crippen LogP contribution in [-0.4, -0.2) is 23.4 Å². The maximum atomic E-state index is 12.9. The van der Waals surface area contributed by atoms with Gasteiger partial charge in [-0.1, -0.05) is 11.6 Å². The van der Waals surface area contributed by atoms with Gasteiger partial charge < -0.3 is 9.84 Å². The predicted octanol–water partition coefficient (Wildman–Crippen LogP) is 3.75. The van der Waals surface area contributed by atoms with Gasteiger partial charge in [-0.15, -0.1) is 0 Å². The van der Waals surface area contributed by atoms with Crippen molar-refractivity contribution in [3.63, 3.8) is 0 Å². The van der Waals surface area contributed by atoms with Gasteiger partial charge in [-0.2, -0.15) is 13.2 Å². The van der Waals surface area contributed by atoms with Crippen LogP contribution >= 0.6 is 11.6 Å². The second-order valence-corrected chi connectivity index (χ2v) is 4.89. The van der Waals surface area contributed by atoms with Crippen LogP contribution in [-0.2, 0) is 4.79 Å². The molecule has 2 rings (SSSR count). The fourth-order valence-electron chi connectivity index (χ4n) is 2.04. The van der Waals surface area contributed by atoms with Crippen LogP contribution in [0.5, 0.6) is 5.75 Å². The first-order valence-electron chi connectivity index (χ1n) is 5.61. The fraction of sp³-hybridized carbons (Fsp3) is 0.308. The quantitative estimate of drug-likeness (QED) is 0.859. The van der Waals surface area contributed by atoms with E-state index in [1.165, 1.54) is 6.07 Å². The molecule has 0 spiro atoms. The Morgan fingerprint density at radius 2 is 2.00 bits per heavy atom. The first-order chi connectivity index (χ1) is 9.12. The van der Waals surface area contributed by atoms with Gasteiger partial charge in [0.25, 0.3) is 0 Å². The van der Waals surface area contributed by atoms with E-state index in [0.29, 0.717) is 16.1 Å². The SMILES string of the molecule is Cc1cc(Cl)c(C)c2c1OC(C(F)(F)F)C(C(=O)O)=C2. The maximum Gasteiger partial charge on any atom is 0.430 e. The Labute approximate surface area is 117 Å². The number of aryl methyl sites for hydroxylation is 1. The third-order valence-electron chi connectivity index (χ3n) is 3.07. The predicted molar refractivity (Wildman–Crippen MR) is 67.0 cm³/mol. The van der Waals surface area contributed by atoms with E-state index in [9.17, 15) is 18.0 Å². The Morgan fingerprint density at radius 3 is 2.50 bits per heavy atom. The molecule has 108 valence electrons. The van der Waals surface area contributed by atoms with Crippen molar-refractivity contribution in [1.29, 1.82) is 0 Å². The first-order valence-corrected chi connectivity index (χ1v) is 5.98. The highest BCUT2D eigenvalue weighted by molar-refractivity contribution is 6.31. The van der Waals surface area contributed by atoms with Crippen molar-refractivity contribution in [2.45, 2.75) is 26.1 Å². The van der Waals surface area contributed by atoms with Crippen molar-refractivity contribution >= 4 is 23.6 Å². The molecule has 1 heterocycles. The molecule has 0 amide bonds. The third-order valence-corrected chi connectivity index (χ3v) is 3.46. The topological polar surface area (TPSA) is 46.5 Å². The molecule has 1 N–H and O–H groups in total. The van der Waals surface area contributed by atoms with Crippen molar-refractivity contribution in [3.8, 4) is 5.75 Å². The zero-order valence-corrected chi connectivity index (χ0v) is 11.3. The minimum Gasteiger partial charge on any atom is -0.478 e. The largest absolute Gasteiger partial charge is 0.478 e. The molecule has 1 aliphatic heterocycles. The van der Waals surface area contributed by atoms with Gasteiger partial charge in [-0.25, -0.2) is 4.79 Å². The summed E-state index contributed by atoms with van der Waals surface area (Å²) in [5.74, 6) is -1.66. The molecule has 0 fully saturated rings. The number of alkyl halides is 3. The zero-order chi connectivity index (χ0) is 15.2. The smallest absolute Gasteiger partial charge is 0.430 e. The Morgan fingerprint density at radius 1 is 1.40 bits per heavy atom. The van der Waals surface area contributed by atoms with Crippen LogP contribution in [0.3, 0.4) is 0 Å². The van der Waals surface area contributed by atoms with E-state index >= 15 is 0 Å². The second kappa shape index (κ2) is 4.70. The third kappa shape index (κ3) is 2.35. The summed E-state index contributed by atoms with van der Waals surface area (Å²) in [5, 5.41) is 9.29. The van der Waals surface area contributed by atoms with E-state index in [2.05, 4.69) is 0 Å². The van der Waals surface area contributed by atoms with Gasteiger partial charge in [0.05, 0.1) is 5.57 Å².